The Morgan fingerprint density at radius 3 is 2.21 bits per heavy atom. The Morgan fingerprint density at radius 1 is 0.917 bits per heavy atom. The second-order valence-corrected chi connectivity index (χ2v) is 6.54. The lowest BCUT2D eigenvalue weighted by Gasteiger charge is -2.11. The minimum atomic E-state index is -0.0943. The van der Waals surface area contributed by atoms with E-state index in [1.807, 2.05) is 36.4 Å². The van der Waals surface area contributed by atoms with Gasteiger partial charge in [0.15, 0.2) is 5.11 Å². The molecule has 0 atom stereocenters. The molecule has 0 aliphatic heterocycles. The van der Waals surface area contributed by atoms with Crippen LogP contribution in [0.2, 0.25) is 0 Å². The first kappa shape index (κ1) is 18.3. The van der Waals surface area contributed by atoms with Gasteiger partial charge in [-0.1, -0.05) is 60.7 Å². The molecule has 1 amide bonds. The molecule has 0 spiro atoms. The van der Waals surface area contributed by atoms with Gasteiger partial charge in [-0.05, 0) is 29.8 Å². The van der Waals surface area contributed by atoms with E-state index in [0.29, 0.717) is 17.4 Å². The molecule has 0 unspecified atom stereocenters. The summed E-state index contributed by atoms with van der Waals surface area (Å²) in [5, 5.41) is 3.49. The summed E-state index contributed by atoms with van der Waals surface area (Å²) in [4.78, 5) is 11.8. The Kier molecular flexibility index (Phi) is 8.13. The fourth-order valence-corrected chi connectivity index (χ4v) is 2.95. The van der Waals surface area contributed by atoms with Gasteiger partial charge >= 0.3 is 0 Å². The van der Waals surface area contributed by atoms with Crippen molar-refractivity contribution >= 4 is 35.0 Å². The van der Waals surface area contributed by atoms with Gasteiger partial charge in [-0.25, -0.2) is 0 Å². The monoisotopic (exact) mass is 359 g/mol. The molecule has 0 aromatic heterocycles. The summed E-state index contributed by atoms with van der Waals surface area (Å²) in [7, 11) is 0. The molecule has 2 rings (SSSR count). The van der Waals surface area contributed by atoms with Crippen molar-refractivity contribution in [3.05, 3.63) is 71.8 Å². The average Bonchev–Trinajstić information content (AvgIpc) is 2.62. The smallest absolute Gasteiger partial charge is 0.248 e. The van der Waals surface area contributed by atoms with Crippen LogP contribution in [0.15, 0.2) is 60.7 Å². The maximum absolute atomic E-state index is 11.8. The van der Waals surface area contributed by atoms with E-state index in [1.165, 1.54) is 11.1 Å². The maximum atomic E-state index is 11.8. The number of thiocarbonyl (C=S) groups is 1. The summed E-state index contributed by atoms with van der Waals surface area (Å²) in [5.41, 5.74) is 7.78. The first-order valence-corrected chi connectivity index (χ1v) is 9.28. The van der Waals surface area contributed by atoms with Crippen LogP contribution in [0.25, 0.3) is 0 Å². The zero-order chi connectivity index (χ0) is 17.0. The molecule has 0 aliphatic carbocycles. The number of hydrazine groups is 1. The van der Waals surface area contributed by atoms with Crippen LogP contribution in [-0.4, -0.2) is 23.3 Å². The van der Waals surface area contributed by atoms with E-state index in [4.69, 9.17) is 12.2 Å². The van der Waals surface area contributed by atoms with Gasteiger partial charge in [0.25, 0.3) is 0 Å². The number of nitrogens with one attached hydrogen (secondary N) is 3. The molecule has 4 nitrogen and oxygen atoms in total. The number of hydrogen-bond donors (Lipinski definition) is 3. The number of hydrogen-bond acceptors (Lipinski definition) is 3. The second-order valence-electron chi connectivity index (χ2n) is 5.14. The minimum Gasteiger partial charge on any atom is -0.361 e. The number of rotatable bonds is 7. The molecule has 24 heavy (non-hydrogen) atoms. The highest BCUT2D eigenvalue weighted by molar-refractivity contribution is 7.99. The van der Waals surface area contributed by atoms with E-state index in [0.717, 1.165) is 12.2 Å². The van der Waals surface area contributed by atoms with Crippen LogP contribution >= 0.6 is 24.0 Å². The van der Waals surface area contributed by atoms with Crippen molar-refractivity contribution in [1.82, 2.24) is 16.2 Å². The van der Waals surface area contributed by atoms with Gasteiger partial charge in [0.05, 0.1) is 5.75 Å². The predicted octanol–water partition coefficient (Wildman–Crippen LogP) is 2.66. The van der Waals surface area contributed by atoms with E-state index in [-0.39, 0.29) is 5.91 Å². The zero-order valence-corrected chi connectivity index (χ0v) is 15.0. The van der Waals surface area contributed by atoms with E-state index in [1.54, 1.807) is 11.8 Å². The lowest BCUT2D eigenvalue weighted by molar-refractivity contribution is -0.119. The highest BCUT2D eigenvalue weighted by atomic mass is 32.2. The Bertz CT molecular complexity index is 578. The Morgan fingerprint density at radius 2 is 1.54 bits per heavy atom. The lowest BCUT2D eigenvalue weighted by Crippen LogP contribution is -2.47. The quantitative estimate of drug-likeness (QED) is 0.524. The molecule has 0 saturated heterocycles. The summed E-state index contributed by atoms with van der Waals surface area (Å²) in [6, 6.07) is 20.2. The van der Waals surface area contributed by atoms with Crippen LogP contribution in [0, 0.1) is 0 Å². The summed E-state index contributed by atoms with van der Waals surface area (Å²) >= 11 is 6.70. The summed E-state index contributed by atoms with van der Waals surface area (Å²) in [5.74, 6) is 1.10. The van der Waals surface area contributed by atoms with E-state index >= 15 is 0 Å². The SMILES string of the molecule is O=C(CSCc1ccccc1)NNC(=S)NCCc1ccccc1. The van der Waals surface area contributed by atoms with Gasteiger partial charge in [-0.3, -0.25) is 15.6 Å². The lowest BCUT2D eigenvalue weighted by atomic mass is 10.1. The number of carbonyl (C=O) groups is 1. The van der Waals surface area contributed by atoms with E-state index in [2.05, 4.69) is 40.4 Å². The van der Waals surface area contributed by atoms with Crippen molar-refractivity contribution in [2.75, 3.05) is 12.3 Å². The Labute approximate surface area is 152 Å². The molecular weight excluding hydrogens is 338 g/mol. The van der Waals surface area contributed by atoms with Crippen LogP contribution in [0.5, 0.6) is 0 Å². The molecule has 0 saturated carbocycles. The molecule has 6 heteroatoms. The molecule has 3 N–H and O–H groups in total. The number of thioether (sulfide) groups is 1. The standard InChI is InChI=1S/C18H21N3OS2/c22-17(14-24-13-16-9-5-2-6-10-16)20-21-18(23)19-12-11-15-7-3-1-4-8-15/h1-10H,11-14H2,(H,20,22)(H2,19,21,23). The van der Waals surface area contributed by atoms with Crippen LogP contribution < -0.4 is 16.2 Å². The molecule has 126 valence electrons. The Balaban J connectivity index is 1.53. The molecule has 0 radical (unpaired) electrons. The van der Waals surface area contributed by atoms with Gasteiger partial charge < -0.3 is 5.32 Å². The number of benzene rings is 2. The van der Waals surface area contributed by atoms with Crippen LogP contribution in [0.3, 0.4) is 0 Å². The van der Waals surface area contributed by atoms with Crippen molar-refractivity contribution in [2.24, 2.45) is 0 Å². The number of amides is 1. The second kappa shape index (κ2) is 10.7. The third-order valence-electron chi connectivity index (χ3n) is 3.20. The first-order chi connectivity index (χ1) is 11.7. The molecule has 0 aliphatic rings. The molecule has 0 heterocycles. The fraction of sp³-hybridized carbons (Fsp3) is 0.222. The minimum absolute atomic E-state index is 0.0943. The number of carbonyl (C=O) groups excluding carboxylic acids is 1. The highest BCUT2D eigenvalue weighted by Gasteiger charge is 2.02. The van der Waals surface area contributed by atoms with Crippen LogP contribution in [0.4, 0.5) is 0 Å². The molecular formula is C18H21N3OS2. The predicted molar refractivity (Wildman–Crippen MR) is 105 cm³/mol. The van der Waals surface area contributed by atoms with Crippen molar-refractivity contribution in [3.8, 4) is 0 Å². The molecule has 2 aromatic rings. The Hall–Kier alpha value is -2.05. The summed E-state index contributed by atoms with van der Waals surface area (Å²) in [6.07, 6.45) is 0.879. The van der Waals surface area contributed by atoms with Crippen molar-refractivity contribution in [1.29, 1.82) is 0 Å². The highest BCUT2D eigenvalue weighted by Crippen LogP contribution is 2.10. The molecule has 2 aromatic carbocycles. The third kappa shape index (κ3) is 7.48. The molecule has 0 fully saturated rings. The first-order valence-electron chi connectivity index (χ1n) is 7.72. The van der Waals surface area contributed by atoms with E-state index in [9.17, 15) is 4.79 Å². The summed E-state index contributed by atoms with van der Waals surface area (Å²) < 4.78 is 0. The van der Waals surface area contributed by atoms with Crippen molar-refractivity contribution in [2.45, 2.75) is 12.2 Å². The van der Waals surface area contributed by atoms with Crippen molar-refractivity contribution in [3.63, 3.8) is 0 Å². The van der Waals surface area contributed by atoms with Gasteiger partial charge in [0.1, 0.15) is 0 Å². The average molecular weight is 360 g/mol. The van der Waals surface area contributed by atoms with Crippen molar-refractivity contribution < 1.29 is 4.79 Å². The van der Waals surface area contributed by atoms with Gasteiger partial charge in [-0.15, -0.1) is 11.8 Å². The topological polar surface area (TPSA) is 53.2 Å². The molecule has 0 bridgehead atoms. The van der Waals surface area contributed by atoms with Crippen LogP contribution in [0.1, 0.15) is 11.1 Å². The van der Waals surface area contributed by atoms with E-state index < -0.39 is 0 Å². The van der Waals surface area contributed by atoms with Gasteiger partial charge in [0, 0.05) is 12.3 Å². The summed E-state index contributed by atoms with van der Waals surface area (Å²) in [6.45, 7) is 0.717. The zero-order valence-electron chi connectivity index (χ0n) is 13.3. The van der Waals surface area contributed by atoms with Gasteiger partial charge in [-0.2, -0.15) is 0 Å². The third-order valence-corrected chi connectivity index (χ3v) is 4.45. The largest absolute Gasteiger partial charge is 0.361 e. The van der Waals surface area contributed by atoms with Crippen LogP contribution in [-0.2, 0) is 17.0 Å². The maximum Gasteiger partial charge on any atom is 0.248 e. The fourth-order valence-electron chi connectivity index (χ4n) is 2.01. The normalized spacial score (nSPS) is 10.0. The van der Waals surface area contributed by atoms with Gasteiger partial charge in [0.2, 0.25) is 5.91 Å².